The van der Waals surface area contributed by atoms with Crippen LogP contribution in [0.3, 0.4) is 0 Å². The number of amides is 2. The van der Waals surface area contributed by atoms with Crippen molar-refractivity contribution >= 4 is 45.7 Å². The van der Waals surface area contributed by atoms with Crippen LogP contribution in [0.15, 0.2) is 82.4 Å². The van der Waals surface area contributed by atoms with Gasteiger partial charge < -0.3 is 10.6 Å². The van der Waals surface area contributed by atoms with Crippen LogP contribution in [0.5, 0.6) is 0 Å². The molecule has 0 aliphatic rings. The van der Waals surface area contributed by atoms with Gasteiger partial charge in [0.25, 0.3) is 5.56 Å². The summed E-state index contributed by atoms with van der Waals surface area (Å²) in [6, 6.07) is 21.0. The number of nitrogens with one attached hydrogen (secondary N) is 2. The number of aryl methyl sites for hydroxylation is 1. The van der Waals surface area contributed by atoms with Gasteiger partial charge in [-0.05, 0) is 61.7 Å². The number of halogens is 1. The van der Waals surface area contributed by atoms with Gasteiger partial charge in [-0.25, -0.2) is 4.79 Å². The summed E-state index contributed by atoms with van der Waals surface area (Å²) >= 11 is 6.15. The van der Waals surface area contributed by atoms with Gasteiger partial charge in [0.2, 0.25) is 11.8 Å². The Balaban J connectivity index is 1.48. The van der Waals surface area contributed by atoms with Crippen LogP contribution < -0.4 is 21.9 Å². The van der Waals surface area contributed by atoms with Crippen LogP contribution in [0.2, 0.25) is 5.02 Å². The third kappa shape index (κ3) is 6.34. The maximum Gasteiger partial charge on any atom is 0.331 e. The van der Waals surface area contributed by atoms with E-state index in [0.717, 1.165) is 10.1 Å². The molecule has 9 heteroatoms. The zero-order chi connectivity index (χ0) is 26.4. The van der Waals surface area contributed by atoms with Gasteiger partial charge in [-0.3, -0.25) is 23.5 Å². The summed E-state index contributed by atoms with van der Waals surface area (Å²) in [5.74, 6) is -0.558. The van der Waals surface area contributed by atoms with Gasteiger partial charge in [-0.2, -0.15) is 0 Å². The molecule has 1 heterocycles. The smallest absolute Gasteiger partial charge is 0.326 e. The molecule has 0 aliphatic carbocycles. The number of aromatic nitrogens is 2. The van der Waals surface area contributed by atoms with E-state index in [1.807, 2.05) is 25.1 Å². The highest BCUT2D eigenvalue weighted by Crippen LogP contribution is 2.20. The number of unbranched alkanes of at least 4 members (excludes halogenated alkanes) is 1. The number of fused-ring (bicyclic) bond motifs is 1. The minimum atomic E-state index is -0.575. The molecule has 2 amide bonds. The van der Waals surface area contributed by atoms with E-state index in [1.54, 1.807) is 54.6 Å². The predicted molar refractivity (Wildman–Crippen MR) is 146 cm³/mol. The highest BCUT2D eigenvalue weighted by molar-refractivity contribution is 6.31. The Labute approximate surface area is 218 Å². The Morgan fingerprint density at radius 1 is 0.811 bits per heavy atom. The number of anilines is 2. The lowest BCUT2D eigenvalue weighted by molar-refractivity contribution is -0.117. The topological polar surface area (TPSA) is 102 Å². The van der Waals surface area contributed by atoms with Crippen molar-refractivity contribution in [3.05, 3.63) is 104 Å². The van der Waals surface area contributed by atoms with E-state index < -0.39 is 17.2 Å². The Kier molecular flexibility index (Phi) is 8.20. The van der Waals surface area contributed by atoms with Gasteiger partial charge >= 0.3 is 5.69 Å². The van der Waals surface area contributed by atoms with Crippen molar-refractivity contribution in [2.45, 2.75) is 39.3 Å². The van der Waals surface area contributed by atoms with E-state index in [-0.39, 0.29) is 25.4 Å². The highest BCUT2D eigenvalue weighted by atomic mass is 35.5. The van der Waals surface area contributed by atoms with E-state index >= 15 is 0 Å². The van der Waals surface area contributed by atoms with E-state index in [4.69, 9.17) is 11.6 Å². The standard InChI is InChI=1S/C28H27ClN4O4/c1-19-14-15-21(17-23(19)29)31-26(35)18-33-24-12-6-5-11-22(24)27(36)32(28(33)37)16-8-7-13-25(34)30-20-9-3-2-4-10-20/h2-6,9-12,14-15,17H,7-8,13,16,18H2,1H3,(H,30,34)(H,31,35). The first kappa shape index (κ1) is 25.9. The predicted octanol–water partition coefficient (Wildman–Crippen LogP) is 4.57. The van der Waals surface area contributed by atoms with Crippen LogP contribution in [0.1, 0.15) is 24.8 Å². The van der Waals surface area contributed by atoms with E-state index in [9.17, 15) is 19.2 Å². The lowest BCUT2D eigenvalue weighted by Crippen LogP contribution is -2.41. The molecule has 0 spiro atoms. The third-order valence-electron chi connectivity index (χ3n) is 5.98. The molecule has 3 aromatic carbocycles. The summed E-state index contributed by atoms with van der Waals surface area (Å²) in [4.78, 5) is 51.4. The second-order valence-corrected chi connectivity index (χ2v) is 9.13. The summed E-state index contributed by atoms with van der Waals surface area (Å²) < 4.78 is 2.43. The lowest BCUT2D eigenvalue weighted by Gasteiger charge is -2.14. The van der Waals surface area contributed by atoms with Gasteiger partial charge in [0.1, 0.15) is 6.54 Å². The number of carbonyl (C=O) groups is 2. The van der Waals surface area contributed by atoms with Crippen molar-refractivity contribution in [1.29, 1.82) is 0 Å². The molecule has 4 aromatic rings. The lowest BCUT2D eigenvalue weighted by atomic mass is 10.2. The minimum Gasteiger partial charge on any atom is -0.326 e. The molecular formula is C28H27ClN4O4. The molecule has 0 radical (unpaired) electrons. The summed E-state index contributed by atoms with van der Waals surface area (Å²) in [6.45, 7) is 1.72. The second-order valence-electron chi connectivity index (χ2n) is 8.73. The number of hydrogen-bond acceptors (Lipinski definition) is 4. The third-order valence-corrected chi connectivity index (χ3v) is 6.39. The zero-order valence-corrected chi connectivity index (χ0v) is 21.1. The highest BCUT2D eigenvalue weighted by Gasteiger charge is 2.16. The minimum absolute atomic E-state index is 0.135. The molecule has 0 bridgehead atoms. The fourth-order valence-electron chi connectivity index (χ4n) is 4.04. The quantitative estimate of drug-likeness (QED) is 0.317. The Morgan fingerprint density at radius 2 is 1.51 bits per heavy atom. The monoisotopic (exact) mass is 518 g/mol. The second kappa shape index (κ2) is 11.7. The molecule has 0 aliphatic heterocycles. The number of hydrogen-bond donors (Lipinski definition) is 2. The molecule has 0 fully saturated rings. The molecule has 37 heavy (non-hydrogen) atoms. The SMILES string of the molecule is Cc1ccc(NC(=O)Cn2c(=O)n(CCCCC(=O)Nc3ccccc3)c(=O)c3ccccc32)cc1Cl. The van der Waals surface area contributed by atoms with E-state index in [2.05, 4.69) is 10.6 Å². The van der Waals surface area contributed by atoms with Crippen molar-refractivity contribution in [3.8, 4) is 0 Å². The van der Waals surface area contributed by atoms with E-state index in [0.29, 0.717) is 40.1 Å². The van der Waals surface area contributed by atoms with Gasteiger partial charge in [0.05, 0.1) is 10.9 Å². The van der Waals surface area contributed by atoms with Gasteiger partial charge in [0, 0.05) is 29.4 Å². The molecule has 0 saturated carbocycles. The number of para-hydroxylation sites is 2. The Morgan fingerprint density at radius 3 is 2.27 bits per heavy atom. The van der Waals surface area contributed by atoms with Crippen LogP contribution in [-0.2, 0) is 22.7 Å². The van der Waals surface area contributed by atoms with Crippen molar-refractivity contribution in [2.24, 2.45) is 0 Å². The maximum absolute atomic E-state index is 13.3. The fourth-order valence-corrected chi connectivity index (χ4v) is 4.22. The summed E-state index contributed by atoms with van der Waals surface area (Å²) in [7, 11) is 0. The number of carbonyl (C=O) groups excluding carboxylic acids is 2. The largest absolute Gasteiger partial charge is 0.331 e. The summed E-state index contributed by atoms with van der Waals surface area (Å²) in [5.41, 5.74) is 1.50. The van der Waals surface area contributed by atoms with Gasteiger partial charge in [-0.15, -0.1) is 0 Å². The molecule has 2 N–H and O–H groups in total. The molecule has 4 rings (SSSR count). The maximum atomic E-state index is 13.3. The normalized spacial score (nSPS) is 10.9. The molecule has 190 valence electrons. The van der Waals surface area contributed by atoms with Gasteiger partial charge in [-0.1, -0.05) is 48.0 Å². The Hall–Kier alpha value is -4.17. The average Bonchev–Trinajstić information content (AvgIpc) is 2.89. The van der Waals surface area contributed by atoms with Crippen molar-refractivity contribution < 1.29 is 9.59 Å². The van der Waals surface area contributed by atoms with Gasteiger partial charge in [0.15, 0.2) is 0 Å². The first-order valence-electron chi connectivity index (χ1n) is 12.0. The van der Waals surface area contributed by atoms with Crippen LogP contribution in [-0.4, -0.2) is 20.9 Å². The van der Waals surface area contributed by atoms with Crippen molar-refractivity contribution in [1.82, 2.24) is 9.13 Å². The Bertz CT molecular complexity index is 1560. The molecule has 8 nitrogen and oxygen atoms in total. The number of nitrogens with zero attached hydrogens (tertiary/aromatic N) is 2. The molecular weight excluding hydrogens is 492 g/mol. The summed E-state index contributed by atoms with van der Waals surface area (Å²) in [5, 5.41) is 6.44. The zero-order valence-electron chi connectivity index (χ0n) is 20.4. The van der Waals surface area contributed by atoms with Crippen LogP contribution in [0, 0.1) is 6.92 Å². The first-order valence-corrected chi connectivity index (χ1v) is 12.3. The molecule has 0 unspecified atom stereocenters. The fraction of sp³-hybridized carbons (Fsp3) is 0.214. The van der Waals surface area contributed by atoms with Crippen LogP contribution >= 0.6 is 11.6 Å². The van der Waals surface area contributed by atoms with Crippen molar-refractivity contribution in [2.75, 3.05) is 10.6 Å². The van der Waals surface area contributed by atoms with Crippen LogP contribution in [0.25, 0.3) is 10.9 Å². The average molecular weight is 519 g/mol. The molecule has 0 saturated heterocycles. The van der Waals surface area contributed by atoms with Crippen LogP contribution in [0.4, 0.5) is 11.4 Å². The molecule has 1 aromatic heterocycles. The number of benzene rings is 3. The summed E-state index contributed by atoms with van der Waals surface area (Å²) in [6.07, 6.45) is 1.20. The van der Waals surface area contributed by atoms with Crippen molar-refractivity contribution in [3.63, 3.8) is 0 Å². The number of rotatable bonds is 9. The first-order chi connectivity index (χ1) is 17.8. The van der Waals surface area contributed by atoms with E-state index in [1.165, 1.54) is 4.57 Å². The molecule has 0 atom stereocenters.